The van der Waals surface area contributed by atoms with Crippen LogP contribution < -0.4 is 10.1 Å². The third kappa shape index (κ3) is 4.26. The van der Waals surface area contributed by atoms with Crippen LogP contribution >= 0.6 is 11.8 Å². The van der Waals surface area contributed by atoms with Crippen molar-refractivity contribution in [3.05, 3.63) is 40.7 Å². The maximum Gasteiger partial charge on any atom is 0.237 e. The molecule has 2 rings (SSSR count). The number of aromatic nitrogens is 2. The lowest BCUT2D eigenvalue weighted by molar-refractivity contribution is -0.115. The molecule has 0 radical (unpaired) electrons. The van der Waals surface area contributed by atoms with Gasteiger partial charge in [-0.05, 0) is 57.9 Å². The van der Waals surface area contributed by atoms with Crippen molar-refractivity contribution in [2.75, 3.05) is 12.4 Å². The van der Waals surface area contributed by atoms with E-state index in [1.54, 1.807) is 7.11 Å². The van der Waals surface area contributed by atoms with E-state index in [2.05, 4.69) is 15.3 Å². The summed E-state index contributed by atoms with van der Waals surface area (Å²) in [5.41, 5.74) is 4.70. The highest BCUT2D eigenvalue weighted by Gasteiger charge is 2.18. The fourth-order valence-electron chi connectivity index (χ4n) is 2.16. The van der Waals surface area contributed by atoms with E-state index < -0.39 is 0 Å². The number of ether oxygens (including phenoxy) is 1. The zero-order valence-corrected chi connectivity index (χ0v) is 15.7. The Labute approximate surface area is 147 Å². The number of methoxy groups -OCH3 is 1. The number of hydrogen-bond acceptors (Lipinski definition) is 5. The van der Waals surface area contributed by atoms with Gasteiger partial charge >= 0.3 is 0 Å². The molecule has 0 aliphatic heterocycles. The van der Waals surface area contributed by atoms with Gasteiger partial charge in [-0.15, -0.1) is 0 Å². The molecule has 0 unspecified atom stereocenters. The Bertz CT molecular complexity index is 739. The van der Waals surface area contributed by atoms with E-state index in [1.807, 2.05) is 52.8 Å². The molecule has 1 aromatic heterocycles. The predicted octanol–water partition coefficient (Wildman–Crippen LogP) is 3.84. The standard InChI is InChI=1S/C18H23N3O2S/c1-10-7-8-16(23-6)15(9-10)21-17(22)14(5)24-18-19-12(3)11(2)13(4)20-18/h7-9,14H,1-6H3,(H,21,22)/t14-/m1/s1. The van der Waals surface area contributed by atoms with Gasteiger partial charge in [0.2, 0.25) is 5.91 Å². The lowest BCUT2D eigenvalue weighted by Gasteiger charge is -2.15. The van der Waals surface area contributed by atoms with E-state index in [9.17, 15) is 4.79 Å². The highest BCUT2D eigenvalue weighted by atomic mass is 32.2. The molecule has 1 N–H and O–H groups in total. The summed E-state index contributed by atoms with van der Waals surface area (Å²) in [6.07, 6.45) is 0. The number of carbonyl (C=O) groups excluding carboxylic acids is 1. The minimum absolute atomic E-state index is 0.108. The number of aryl methyl sites for hydroxylation is 3. The Morgan fingerprint density at radius 3 is 2.38 bits per heavy atom. The van der Waals surface area contributed by atoms with Gasteiger partial charge in [-0.25, -0.2) is 9.97 Å². The minimum Gasteiger partial charge on any atom is -0.495 e. The van der Waals surface area contributed by atoms with Crippen LogP contribution in [-0.4, -0.2) is 28.2 Å². The van der Waals surface area contributed by atoms with Gasteiger partial charge in [0.25, 0.3) is 0 Å². The van der Waals surface area contributed by atoms with Crippen LogP contribution in [0.3, 0.4) is 0 Å². The summed E-state index contributed by atoms with van der Waals surface area (Å²) < 4.78 is 5.30. The van der Waals surface area contributed by atoms with Gasteiger partial charge in [0.05, 0.1) is 18.0 Å². The van der Waals surface area contributed by atoms with Gasteiger partial charge in [-0.1, -0.05) is 17.8 Å². The van der Waals surface area contributed by atoms with Crippen molar-refractivity contribution >= 4 is 23.4 Å². The highest BCUT2D eigenvalue weighted by molar-refractivity contribution is 8.00. The zero-order valence-electron chi connectivity index (χ0n) is 14.9. The number of anilines is 1. The van der Waals surface area contributed by atoms with Gasteiger partial charge in [0, 0.05) is 11.4 Å². The molecule has 0 fully saturated rings. The molecule has 1 amide bonds. The number of nitrogens with zero attached hydrogens (tertiary/aromatic N) is 2. The quantitative estimate of drug-likeness (QED) is 0.659. The summed E-state index contributed by atoms with van der Waals surface area (Å²) in [5, 5.41) is 3.22. The number of carbonyl (C=O) groups is 1. The Morgan fingerprint density at radius 1 is 1.17 bits per heavy atom. The number of nitrogens with one attached hydrogen (secondary N) is 1. The first-order chi connectivity index (χ1) is 11.3. The van der Waals surface area contributed by atoms with Crippen molar-refractivity contribution in [1.82, 2.24) is 9.97 Å². The second kappa shape index (κ2) is 7.66. The lowest BCUT2D eigenvalue weighted by atomic mass is 10.2. The average molecular weight is 345 g/mol. The van der Waals surface area contributed by atoms with Crippen molar-refractivity contribution in [1.29, 1.82) is 0 Å². The van der Waals surface area contributed by atoms with Crippen LogP contribution in [0.25, 0.3) is 0 Å². The first-order valence-electron chi connectivity index (χ1n) is 7.75. The molecule has 24 heavy (non-hydrogen) atoms. The topological polar surface area (TPSA) is 64.1 Å². The van der Waals surface area contributed by atoms with E-state index in [-0.39, 0.29) is 11.2 Å². The fourth-order valence-corrected chi connectivity index (χ4v) is 3.02. The first kappa shape index (κ1) is 18.3. The van der Waals surface area contributed by atoms with Crippen LogP contribution in [-0.2, 0) is 4.79 Å². The Hall–Kier alpha value is -2.08. The molecule has 0 aliphatic rings. The largest absolute Gasteiger partial charge is 0.495 e. The molecule has 1 aromatic carbocycles. The maximum atomic E-state index is 12.5. The molecule has 1 atom stereocenters. The molecule has 5 nitrogen and oxygen atoms in total. The van der Waals surface area contributed by atoms with Crippen molar-refractivity contribution in [3.8, 4) is 5.75 Å². The van der Waals surface area contributed by atoms with E-state index in [1.165, 1.54) is 11.8 Å². The summed E-state index contributed by atoms with van der Waals surface area (Å²) in [4.78, 5) is 21.4. The molecule has 0 saturated heterocycles. The van der Waals surface area contributed by atoms with Gasteiger partial charge in [0.1, 0.15) is 5.75 Å². The van der Waals surface area contributed by atoms with Gasteiger partial charge in [-0.3, -0.25) is 4.79 Å². The average Bonchev–Trinajstić information content (AvgIpc) is 2.52. The SMILES string of the molecule is COc1ccc(C)cc1NC(=O)[C@@H](C)Sc1nc(C)c(C)c(C)n1. The normalized spacial score (nSPS) is 11.9. The number of thioether (sulfide) groups is 1. The molecule has 1 heterocycles. The molecule has 2 aromatic rings. The Morgan fingerprint density at radius 2 is 1.79 bits per heavy atom. The number of benzene rings is 1. The van der Waals surface area contributed by atoms with Gasteiger partial charge in [0.15, 0.2) is 5.16 Å². The van der Waals surface area contributed by atoms with E-state index in [4.69, 9.17) is 4.74 Å². The first-order valence-corrected chi connectivity index (χ1v) is 8.63. The number of amides is 1. The van der Waals surface area contributed by atoms with Crippen LogP contribution in [0.2, 0.25) is 0 Å². The Kier molecular flexibility index (Phi) is 5.83. The highest BCUT2D eigenvalue weighted by Crippen LogP contribution is 2.27. The molecule has 0 saturated carbocycles. The summed E-state index contributed by atoms with van der Waals surface area (Å²) >= 11 is 1.35. The van der Waals surface area contributed by atoms with Crippen LogP contribution in [0, 0.1) is 27.7 Å². The molecule has 0 spiro atoms. The van der Waals surface area contributed by atoms with Gasteiger partial charge < -0.3 is 10.1 Å². The van der Waals surface area contributed by atoms with Crippen molar-refractivity contribution < 1.29 is 9.53 Å². The summed E-state index contributed by atoms with van der Waals surface area (Å²) in [6, 6.07) is 5.68. The minimum atomic E-state index is -0.322. The second-order valence-electron chi connectivity index (χ2n) is 5.76. The Balaban J connectivity index is 2.12. The van der Waals surface area contributed by atoms with E-state index >= 15 is 0 Å². The molecule has 0 aliphatic carbocycles. The van der Waals surface area contributed by atoms with E-state index in [0.29, 0.717) is 16.6 Å². The number of hydrogen-bond donors (Lipinski definition) is 1. The summed E-state index contributed by atoms with van der Waals surface area (Å²) in [6.45, 7) is 9.72. The van der Waals surface area contributed by atoms with Crippen LogP contribution in [0.4, 0.5) is 5.69 Å². The van der Waals surface area contributed by atoms with Crippen molar-refractivity contribution in [2.24, 2.45) is 0 Å². The monoisotopic (exact) mass is 345 g/mol. The molecular weight excluding hydrogens is 322 g/mol. The molecule has 6 heteroatoms. The zero-order chi connectivity index (χ0) is 17.9. The van der Waals surface area contributed by atoms with Crippen LogP contribution in [0.1, 0.15) is 29.4 Å². The molecule has 0 bridgehead atoms. The second-order valence-corrected chi connectivity index (χ2v) is 7.06. The van der Waals surface area contributed by atoms with Crippen LogP contribution in [0.5, 0.6) is 5.75 Å². The van der Waals surface area contributed by atoms with Crippen molar-refractivity contribution in [2.45, 2.75) is 45.0 Å². The van der Waals surface area contributed by atoms with Crippen LogP contribution in [0.15, 0.2) is 23.4 Å². The lowest BCUT2D eigenvalue weighted by Crippen LogP contribution is -2.23. The molecule has 128 valence electrons. The fraction of sp³-hybridized carbons (Fsp3) is 0.389. The van der Waals surface area contributed by atoms with Gasteiger partial charge in [-0.2, -0.15) is 0 Å². The molecular formula is C18H23N3O2S. The van der Waals surface area contributed by atoms with Crippen molar-refractivity contribution in [3.63, 3.8) is 0 Å². The third-order valence-electron chi connectivity index (χ3n) is 3.88. The smallest absolute Gasteiger partial charge is 0.237 e. The summed E-state index contributed by atoms with van der Waals surface area (Å²) in [5.74, 6) is 0.535. The number of rotatable bonds is 5. The maximum absolute atomic E-state index is 12.5. The third-order valence-corrected chi connectivity index (χ3v) is 4.84. The predicted molar refractivity (Wildman–Crippen MR) is 97.9 cm³/mol. The summed E-state index contributed by atoms with van der Waals surface area (Å²) in [7, 11) is 1.59. The van der Waals surface area contributed by atoms with E-state index in [0.717, 1.165) is 22.5 Å².